The molecule has 0 unspecified atom stereocenters. The maximum absolute atomic E-state index is 5.51. The second-order valence-corrected chi connectivity index (χ2v) is 4.78. The van der Waals surface area contributed by atoms with Crippen molar-refractivity contribution in [1.29, 1.82) is 0 Å². The summed E-state index contributed by atoms with van der Waals surface area (Å²) in [4.78, 5) is 16.8. The van der Waals surface area contributed by atoms with Crippen molar-refractivity contribution in [3.8, 4) is 23.2 Å². The highest BCUT2D eigenvalue weighted by molar-refractivity contribution is 7.09. The minimum absolute atomic E-state index is 0.343. The lowest BCUT2D eigenvalue weighted by atomic mass is 10.4. The van der Waals surface area contributed by atoms with Gasteiger partial charge in [-0.1, -0.05) is 5.16 Å². The molecule has 19 heavy (non-hydrogen) atoms. The van der Waals surface area contributed by atoms with Crippen molar-refractivity contribution in [2.45, 2.75) is 13.5 Å². The monoisotopic (exact) mass is 274 g/mol. The van der Waals surface area contributed by atoms with E-state index in [4.69, 9.17) is 10.3 Å². The lowest BCUT2D eigenvalue weighted by Gasteiger charge is -1.92. The third-order valence-corrected chi connectivity index (χ3v) is 3.22. The van der Waals surface area contributed by atoms with Gasteiger partial charge in [-0.15, -0.1) is 11.3 Å². The average molecular weight is 274 g/mol. The van der Waals surface area contributed by atoms with Crippen LogP contribution >= 0.6 is 11.3 Å². The van der Waals surface area contributed by atoms with Gasteiger partial charge >= 0.3 is 0 Å². The third kappa shape index (κ3) is 2.35. The first-order valence-corrected chi connectivity index (χ1v) is 6.42. The van der Waals surface area contributed by atoms with E-state index in [9.17, 15) is 0 Å². The van der Waals surface area contributed by atoms with Gasteiger partial charge in [0.25, 0.3) is 5.89 Å². The molecule has 0 fully saturated rings. The van der Waals surface area contributed by atoms with Gasteiger partial charge in [-0.2, -0.15) is 4.98 Å². The van der Waals surface area contributed by atoms with Gasteiger partial charge in [0.05, 0.1) is 0 Å². The van der Waals surface area contributed by atoms with E-state index in [2.05, 4.69) is 25.1 Å². The van der Waals surface area contributed by atoms with Gasteiger partial charge in [0.2, 0.25) is 11.6 Å². The van der Waals surface area contributed by atoms with Gasteiger partial charge in [0.1, 0.15) is 10.7 Å². The minimum Gasteiger partial charge on any atom is -0.332 e. The van der Waals surface area contributed by atoms with Crippen LogP contribution in [0.15, 0.2) is 22.3 Å². The normalized spacial score (nSPS) is 10.8. The van der Waals surface area contributed by atoms with Crippen LogP contribution in [-0.4, -0.2) is 25.1 Å². The van der Waals surface area contributed by atoms with Crippen LogP contribution in [0.2, 0.25) is 0 Å². The second kappa shape index (κ2) is 4.82. The Hall–Kier alpha value is -2.19. The molecule has 96 valence electrons. The van der Waals surface area contributed by atoms with Crippen molar-refractivity contribution in [2.75, 3.05) is 0 Å². The summed E-state index contributed by atoms with van der Waals surface area (Å²) < 4.78 is 5.16. The summed E-state index contributed by atoms with van der Waals surface area (Å²) in [7, 11) is 0. The smallest absolute Gasteiger partial charge is 0.277 e. The molecule has 3 heterocycles. The van der Waals surface area contributed by atoms with Crippen LogP contribution in [0.3, 0.4) is 0 Å². The number of aryl methyl sites for hydroxylation is 1. The number of hydrogen-bond acceptors (Lipinski definition) is 8. The number of hydrogen-bond donors (Lipinski definition) is 1. The molecule has 0 aliphatic carbocycles. The molecule has 3 rings (SSSR count). The Balaban J connectivity index is 1.92. The highest BCUT2D eigenvalue weighted by atomic mass is 32.1. The van der Waals surface area contributed by atoms with Gasteiger partial charge in [-0.25, -0.2) is 15.0 Å². The largest absolute Gasteiger partial charge is 0.332 e. The average Bonchev–Trinajstić information content (AvgIpc) is 3.08. The van der Waals surface area contributed by atoms with Crippen LogP contribution in [0, 0.1) is 6.92 Å². The summed E-state index contributed by atoms with van der Waals surface area (Å²) in [5, 5.41) is 6.50. The van der Waals surface area contributed by atoms with Crippen LogP contribution in [-0.2, 0) is 6.54 Å². The summed E-state index contributed by atoms with van der Waals surface area (Å²) in [6.45, 7) is 2.31. The highest BCUT2D eigenvalue weighted by Crippen LogP contribution is 2.22. The molecule has 0 amide bonds. The number of aromatic nitrogens is 5. The van der Waals surface area contributed by atoms with E-state index in [1.54, 1.807) is 12.4 Å². The minimum atomic E-state index is 0.343. The predicted octanol–water partition coefficient (Wildman–Crippen LogP) is 1.42. The summed E-state index contributed by atoms with van der Waals surface area (Å²) in [5.74, 6) is 1.11. The molecular weight excluding hydrogens is 264 g/mol. The SMILES string of the molecule is Cc1cnc(-c2noc(-c3csc(CN)n3)n2)nc1. The van der Waals surface area contributed by atoms with Crippen molar-refractivity contribution in [1.82, 2.24) is 25.1 Å². The van der Waals surface area contributed by atoms with Crippen molar-refractivity contribution in [2.24, 2.45) is 5.73 Å². The summed E-state index contributed by atoms with van der Waals surface area (Å²) >= 11 is 1.46. The van der Waals surface area contributed by atoms with Gasteiger partial charge in [0, 0.05) is 24.3 Å². The Labute approximate surface area is 112 Å². The molecule has 0 aliphatic heterocycles. The van der Waals surface area contributed by atoms with Crippen molar-refractivity contribution in [3.63, 3.8) is 0 Å². The molecule has 0 saturated heterocycles. The standard InChI is InChI=1S/C11H10N6OS/c1-6-3-13-9(14-4-6)10-16-11(18-17-10)7-5-19-8(2-12)15-7/h3-5H,2,12H2,1H3. The van der Waals surface area contributed by atoms with Crippen LogP contribution in [0.5, 0.6) is 0 Å². The number of nitrogens with two attached hydrogens (primary N) is 1. The predicted molar refractivity (Wildman–Crippen MR) is 69.1 cm³/mol. The summed E-state index contributed by atoms with van der Waals surface area (Å²) in [6, 6.07) is 0. The van der Waals surface area contributed by atoms with Crippen molar-refractivity contribution in [3.05, 3.63) is 28.3 Å². The Kier molecular flexibility index (Phi) is 3.02. The molecule has 8 heteroatoms. The molecule has 2 N–H and O–H groups in total. The van der Waals surface area contributed by atoms with E-state index in [-0.39, 0.29) is 0 Å². The molecule has 0 radical (unpaired) electrons. The maximum Gasteiger partial charge on any atom is 0.277 e. The third-order valence-electron chi connectivity index (χ3n) is 2.35. The van der Waals surface area contributed by atoms with Crippen LogP contribution in [0.4, 0.5) is 0 Å². The van der Waals surface area contributed by atoms with E-state index < -0.39 is 0 Å². The lowest BCUT2D eigenvalue weighted by molar-refractivity contribution is 0.430. The molecule has 0 aliphatic rings. The van der Waals surface area contributed by atoms with Crippen LogP contribution < -0.4 is 5.73 Å². The van der Waals surface area contributed by atoms with Crippen molar-refractivity contribution >= 4 is 11.3 Å². The zero-order chi connectivity index (χ0) is 13.2. The van der Waals surface area contributed by atoms with E-state index >= 15 is 0 Å². The first-order valence-electron chi connectivity index (χ1n) is 5.54. The molecule has 0 aromatic carbocycles. The van der Waals surface area contributed by atoms with E-state index in [0.717, 1.165) is 10.6 Å². The fourth-order valence-corrected chi connectivity index (χ4v) is 2.08. The number of nitrogens with zero attached hydrogens (tertiary/aromatic N) is 5. The summed E-state index contributed by atoms with van der Waals surface area (Å²) in [6.07, 6.45) is 3.40. The first kappa shape index (κ1) is 11.9. The highest BCUT2D eigenvalue weighted by Gasteiger charge is 2.14. The fourth-order valence-electron chi connectivity index (χ4n) is 1.43. The zero-order valence-electron chi connectivity index (χ0n) is 10.1. The first-order chi connectivity index (χ1) is 9.26. The van der Waals surface area contributed by atoms with Gasteiger partial charge in [0.15, 0.2) is 0 Å². The fraction of sp³-hybridized carbons (Fsp3) is 0.182. The second-order valence-electron chi connectivity index (χ2n) is 3.84. The van der Waals surface area contributed by atoms with E-state index in [1.807, 2.05) is 12.3 Å². The molecule has 3 aromatic rings. The number of rotatable bonds is 3. The van der Waals surface area contributed by atoms with Gasteiger partial charge in [-0.05, 0) is 12.5 Å². The number of thiazole rings is 1. The maximum atomic E-state index is 5.51. The summed E-state index contributed by atoms with van der Waals surface area (Å²) in [5.41, 5.74) is 7.11. The molecule has 0 saturated carbocycles. The lowest BCUT2D eigenvalue weighted by Crippen LogP contribution is -1.94. The molecule has 0 atom stereocenters. The Morgan fingerprint density at radius 2 is 2.00 bits per heavy atom. The molecule has 0 spiro atoms. The zero-order valence-corrected chi connectivity index (χ0v) is 10.9. The van der Waals surface area contributed by atoms with Crippen LogP contribution in [0.25, 0.3) is 23.2 Å². The van der Waals surface area contributed by atoms with E-state index in [1.165, 1.54) is 11.3 Å². The quantitative estimate of drug-likeness (QED) is 0.770. The van der Waals surface area contributed by atoms with Gasteiger partial charge < -0.3 is 10.3 Å². The molecule has 0 bridgehead atoms. The molecular formula is C11H10N6OS. The van der Waals surface area contributed by atoms with Crippen LogP contribution in [0.1, 0.15) is 10.6 Å². The molecule has 7 nitrogen and oxygen atoms in total. The Morgan fingerprint density at radius 1 is 1.21 bits per heavy atom. The Bertz CT molecular complexity index is 689. The Morgan fingerprint density at radius 3 is 2.68 bits per heavy atom. The van der Waals surface area contributed by atoms with Gasteiger partial charge in [-0.3, -0.25) is 0 Å². The van der Waals surface area contributed by atoms with E-state index in [0.29, 0.717) is 29.8 Å². The molecule has 3 aromatic heterocycles. The topological polar surface area (TPSA) is 104 Å². The van der Waals surface area contributed by atoms with Crippen molar-refractivity contribution < 1.29 is 4.52 Å².